The summed E-state index contributed by atoms with van der Waals surface area (Å²) in [6.07, 6.45) is 1.00. The van der Waals surface area contributed by atoms with E-state index in [2.05, 4.69) is 22.9 Å². The molecule has 1 aliphatic heterocycles. The summed E-state index contributed by atoms with van der Waals surface area (Å²) in [5.41, 5.74) is 1.22. The topological polar surface area (TPSA) is 79.5 Å². The number of methoxy groups -OCH3 is 1. The lowest BCUT2D eigenvalue weighted by Gasteiger charge is -2.16. The number of carbonyl (C=O) groups is 2. The van der Waals surface area contributed by atoms with Crippen molar-refractivity contribution in [2.45, 2.75) is 26.3 Å². The van der Waals surface area contributed by atoms with Gasteiger partial charge in [0.1, 0.15) is 5.75 Å². The first kappa shape index (κ1) is 15.3. The molecule has 1 fully saturated rings. The molecule has 1 aliphatic rings. The van der Waals surface area contributed by atoms with Crippen LogP contribution in [0.4, 0.5) is 11.4 Å². The van der Waals surface area contributed by atoms with Crippen molar-refractivity contribution in [2.24, 2.45) is 5.92 Å². The van der Waals surface area contributed by atoms with Gasteiger partial charge in [-0.1, -0.05) is 6.92 Å². The Hall–Kier alpha value is -2.08. The SMILES string of the molecule is COc1cc(NC(=O)C2NCCC2C)ccc1NC(C)=O. The summed E-state index contributed by atoms with van der Waals surface area (Å²) in [6.45, 7) is 4.36. The standard InChI is InChI=1S/C15H21N3O3/c1-9-6-7-16-14(9)15(20)18-11-4-5-12(17-10(2)19)13(8-11)21-3/h4-5,8-9,14,16H,6-7H2,1-3H3,(H,17,19)(H,18,20). The van der Waals surface area contributed by atoms with E-state index in [-0.39, 0.29) is 17.9 Å². The number of benzene rings is 1. The van der Waals surface area contributed by atoms with Crippen LogP contribution in [-0.4, -0.2) is 31.5 Å². The van der Waals surface area contributed by atoms with Gasteiger partial charge in [0.05, 0.1) is 18.8 Å². The van der Waals surface area contributed by atoms with E-state index in [4.69, 9.17) is 4.74 Å². The van der Waals surface area contributed by atoms with Gasteiger partial charge in [0.15, 0.2) is 0 Å². The summed E-state index contributed by atoms with van der Waals surface area (Å²) in [4.78, 5) is 23.3. The molecule has 0 aromatic heterocycles. The molecular weight excluding hydrogens is 270 g/mol. The molecule has 114 valence electrons. The van der Waals surface area contributed by atoms with Crippen molar-refractivity contribution in [3.63, 3.8) is 0 Å². The first-order chi connectivity index (χ1) is 10.0. The van der Waals surface area contributed by atoms with Crippen LogP contribution >= 0.6 is 0 Å². The summed E-state index contributed by atoms with van der Waals surface area (Å²) in [5.74, 6) is 0.615. The van der Waals surface area contributed by atoms with Gasteiger partial charge in [0.25, 0.3) is 0 Å². The Morgan fingerprint density at radius 2 is 2.10 bits per heavy atom. The quantitative estimate of drug-likeness (QED) is 0.787. The highest BCUT2D eigenvalue weighted by Gasteiger charge is 2.29. The van der Waals surface area contributed by atoms with Gasteiger partial charge in [-0.15, -0.1) is 0 Å². The molecule has 6 nitrogen and oxygen atoms in total. The van der Waals surface area contributed by atoms with E-state index < -0.39 is 0 Å². The number of rotatable bonds is 4. The van der Waals surface area contributed by atoms with E-state index in [0.717, 1.165) is 13.0 Å². The fourth-order valence-corrected chi connectivity index (χ4v) is 2.47. The molecule has 21 heavy (non-hydrogen) atoms. The maximum Gasteiger partial charge on any atom is 0.241 e. The van der Waals surface area contributed by atoms with Crippen LogP contribution in [0.3, 0.4) is 0 Å². The monoisotopic (exact) mass is 291 g/mol. The van der Waals surface area contributed by atoms with Crippen LogP contribution in [0, 0.1) is 5.92 Å². The first-order valence-corrected chi connectivity index (χ1v) is 7.01. The molecule has 1 saturated heterocycles. The predicted octanol–water partition coefficient (Wildman–Crippen LogP) is 1.59. The molecule has 6 heteroatoms. The highest BCUT2D eigenvalue weighted by atomic mass is 16.5. The Morgan fingerprint density at radius 3 is 2.67 bits per heavy atom. The molecule has 2 atom stereocenters. The zero-order valence-electron chi connectivity index (χ0n) is 12.5. The summed E-state index contributed by atoms with van der Waals surface area (Å²) in [7, 11) is 1.52. The Labute approximate surface area is 124 Å². The van der Waals surface area contributed by atoms with Gasteiger partial charge in [-0.3, -0.25) is 9.59 Å². The molecule has 1 heterocycles. The van der Waals surface area contributed by atoms with Crippen LogP contribution in [0.5, 0.6) is 5.75 Å². The predicted molar refractivity (Wildman–Crippen MR) is 81.5 cm³/mol. The summed E-state index contributed by atoms with van der Waals surface area (Å²) in [5, 5.41) is 8.75. The van der Waals surface area contributed by atoms with Gasteiger partial charge in [-0.25, -0.2) is 0 Å². The van der Waals surface area contributed by atoms with E-state index in [0.29, 0.717) is 23.0 Å². The number of carbonyl (C=O) groups excluding carboxylic acids is 2. The van der Waals surface area contributed by atoms with Crippen molar-refractivity contribution in [1.29, 1.82) is 0 Å². The molecule has 0 radical (unpaired) electrons. The van der Waals surface area contributed by atoms with E-state index in [1.54, 1.807) is 18.2 Å². The van der Waals surface area contributed by atoms with Crippen molar-refractivity contribution in [3.8, 4) is 5.75 Å². The second-order valence-corrected chi connectivity index (χ2v) is 5.28. The lowest BCUT2D eigenvalue weighted by atomic mass is 10.0. The Balaban J connectivity index is 2.10. The molecule has 0 saturated carbocycles. The zero-order valence-corrected chi connectivity index (χ0v) is 12.5. The average Bonchev–Trinajstić information content (AvgIpc) is 2.86. The molecule has 1 aromatic rings. The van der Waals surface area contributed by atoms with Gasteiger partial charge in [-0.2, -0.15) is 0 Å². The lowest BCUT2D eigenvalue weighted by molar-refractivity contribution is -0.118. The second-order valence-electron chi connectivity index (χ2n) is 5.28. The third kappa shape index (κ3) is 3.72. The number of nitrogens with one attached hydrogen (secondary N) is 3. The molecule has 3 N–H and O–H groups in total. The molecule has 2 rings (SSSR count). The van der Waals surface area contributed by atoms with Crippen molar-refractivity contribution >= 4 is 23.2 Å². The van der Waals surface area contributed by atoms with Crippen molar-refractivity contribution in [1.82, 2.24) is 5.32 Å². The van der Waals surface area contributed by atoms with E-state index in [1.165, 1.54) is 14.0 Å². The van der Waals surface area contributed by atoms with Crippen molar-refractivity contribution < 1.29 is 14.3 Å². The van der Waals surface area contributed by atoms with Gasteiger partial charge in [0, 0.05) is 18.7 Å². The third-order valence-electron chi connectivity index (χ3n) is 3.60. The van der Waals surface area contributed by atoms with Gasteiger partial charge >= 0.3 is 0 Å². The molecule has 0 aliphatic carbocycles. The normalized spacial score (nSPS) is 20.9. The molecule has 2 unspecified atom stereocenters. The van der Waals surface area contributed by atoms with Gasteiger partial charge < -0.3 is 20.7 Å². The van der Waals surface area contributed by atoms with E-state index in [9.17, 15) is 9.59 Å². The van der Waals surface area contributed by atoms with Crippen LogP contribution in [0.1, 0.15) is 20.3 Å². The average molecular weight is 291 g/mol. The highest BCUT2D eigenvalue weighted by molar-refractivity contribution is 5.96. The maximum atomic E-state index is 12.2. The van der Waals surface area contributed by atoms with Crippen LogP contribution in [0.25, 0.3) is 0 Å². The minimum atomic E-state index is -0.172. The van der Waals surface area contributed by atoms with Gasteiger partial charge in [-0.05, 0) is 31.0 Å². The van der Waals surface area contributed by atoms with Crippen molar-refractivity contribution in [2.75, 3.05) is 24.3 Å². The second kappa shape index (κ2) is 6.58. The Morgan fingerprint density at radius 1 is 1.33 bits per heavy atom. The van der Waals surface area contributed by atoms with Crippen LogP contribution in [0.15, 0.2) is 18.2 Å². The molecular formula is C15H21N3O3. The summed E-state index contributed by atoms with van der Waals surface area (Å²) >= 11 is 0. The zero-order chi connectivity index (χ0) is 15.4. The number of anilines is 2. The first-order valence-electron chi connectivity index (χ1n) is 7.01. The number of hydrogen-bond acceptors (Lipinski definition) is 4. The fourth-order valence-electron chi connectivity index (χ4n) is 2.47. The lowest BCUT2D eigenvalue weighted by Crippen LogP contribution is -2.39. The third-order valence-corrected chi connectivity index (χ3v) is 3.60. The smallest absolute Gasteiger partial charge is 0.241 e. The fraction of sp³-hybridized carbons (Fsp3) is 0.467. The van der Waals surface area contributed by atoms with Gasteiger partial charge in [0.2, 0.25) is 11.8 Å². The molecule has 1 aromatic carbocycles. The molecule has 2 amide bonds. The van der Waals surface area contributed by atoms with E-state index >= 15 is 0 Å². The Bertz CT molecular complexity index is 545. The number of ether oxygens (including phenoxy) is 1. The van der Waals surface area contributed by atoms with Crippen molar-refractivity contribution in [3.05, 3.63) is 18.2 Å². The minimum Gasteiger partial charge on any atom is -0.494 e. The van der Waals surface area contributed by atoms with E-state index in [1.807, 2.05) is 0 Å². The van der Waals surface area contributed by atoms with Crippen LogP contribution < -0.4 is 20.7 Å². The summed E-state index contributed by atoms with van der Waals surface area (Å²) < 4.78 is 5.23. The largest absolute Gasteiger partial charge is 0.494 e. The minimum absolute atomic E-state index is 0.0469. The molecule has 0 spiro atoms. The Kier molecular flexibility index (Phi) is 4.80. The number of hydrogen-bond donors (Lipinski definition) is 3. The van der Waals surface area contributed by atoms with Crippen LogP contribution in [-0.2, 0) is 9.59 Å². The highest BCUT2D eigenvalue weighted by Crippen LogP contribution is 2.28. The maximum absolute atomic E-state index is 12.2. The van der Waals surface area contributed by atoms with Crippen LogP contribution in [0.2, 0.25) is 0 Å². The number of amides is 2. The summed E-state index contributed by atoms with van der Waals surface area (Å²) in [6, 6.07) is 4.99. The molecule has 0 bridgehead atoms.